The first-order valence-electron chi connectivity index (χ1n) is 12.5. The summed E-state index contributed by atoms with van der Waals surface area (Å²) in [4.78, 5) is 26.4. The Balaban J connectivity index is 1.26. The van der Waals surface area contributed by atoms with Crippen molar-refractivity contribution in [3.63, 3.8) is 0 Å². The molecule has 2 saturated heterocycles. The molecule has 1 aromatic heterocycles. The normalized spacial score (nSPS) is 19.1. The van der Waals surface area contributed by atoms with Crippen molar-refractivity contribution in [2.24, 2.45) is 5.92 Å². The number of aryl methyl sites for hydroxylation is 2. The van der Waals surface area contributed by atoms with Crippen molar-refractivity contribution in [2.75, 3.05) is 63.8 Å². The van der Waals surface area contributed by atoms with E-state index >= 15 is 0 Å². The number of benzene rings is 1. The standard InChI is InChI=1S/C26H39N5O3/c1-19(2)23(32)16-28-8-10-29(11-9-28)17-24-27-22(18-34-24)26(33)31-14-12-30(13-15-31)25-20(3)6-5-7-21(25)4/h5-7,18-19,23,32H,8-17H2,1-4H3. The average molecular weight is 470 g/mol. The Bertz CT molecular complexity index is 939. The van der Waals surface area contributed by atoms with Crippen LogP contribution < -0.4 is 4.90 Å². The van der Waals surface area contributed by atoms with Gasteiger partial charge in [0.1, 0.15) is 6.26 Å². The number of β-amino-alcohol motifs (C(OH)–C–C–N with tert-alkyl or cyclic N) is 1. The number of rotatable bonds is 7. The number of aromatic nitrogens is 1. The summed E-state index contributed by atoms with van der Waals surface area (Å²) >= 11 is 0. The van der Waals surface area contributed by atoms with Crippen molar-refractivity contribution in [1.29, 1.82) is 0 Å². The fourth-order valence-corrected chi connectivity index (χ4v) is 4.88. The van der Waals surface area contributed by atoms with Crippen LogP contribution in [0.15, 0.2) is 28.9 Å². The minimum Gasteiger partial charge on any atom is -0.447 e. The summed E-state index contributed by atoms with van der Waals surface area (Å²) in [5, 5.41) is 10.1. The van der Waals surface area contributed by atoms with Crippen molar-refractivity contribution in [1.82, 2.24) is 19.7 Å². The number of hydrogen-bond acceptors (Lipinski definition) is 7. The van der Waals surface area contributed by atoms with Crippen LogP contribution in [0.5, 0.6) is 0 Å². The zero-order valence-electron chi connectivity index (χ0n) is 21.0. The number of para-hydroxylation sites is 1. The van der Waals surface area contributed by atoms with Crippen LogP contribution in [-0.2, 0) is 6.54 Å². The molecule has 4 rings (SSSR count). The topological polar surface area (TPSA) is 76.3 Å². The molecular formula is C26H39N5O3. The van der Waals surface area contributed by atoms with Gasteiger partial charge < -0.3 is 19.3 Å². The van der Waals surface area contributed by atoms with E-state index in [0.29, 0.717) is 31.2 Å². The predicted molar refractivity (Wildman–Crippen MR) is 133 cm³/mol. The second kappa shape index (κ2) is 10.9. The van der Waals surface area contributed by atoms with Gasteiger partial charge in [0.05, 0.1) is 12.6 Å². The largest absolute Gasteiger partial charge is 0.447 e. The summed E-state index contributed by atoms with van der Waals surface area (Å²) in [5.74, 6) is 0.813. The average Bonchev–Trinajstić information content (AvgIpc) is 3.28. The molecule has 1 aromatic carbocycles. The maximum Gasteiger partial charge on any atom is 0.275 e. The Morgan fingerprint density at radius 3 is 2.24 bits per heavy atom. The van der Waals surface area contributed by atoms with Gasteiger partial charge >= 0.3 is 0 Å². The number of anilines is 1. The van der Waals surface area contributed by atoms with E-state index in [0.717, 1.165) is 45.8 Å². The Kier molecular flexibility index (Phi) is 7.91. The molecule has 2 fully saturated rings. The molecule has 34 heavy (non-hydrogen) atoms. The molecule has 1 atom stereocenters. The van der Waals surface area contributed by atoms with Gasteiger partial charge in [0.25, 0.3) is 5.91 Å². The molecule has 0 saturated carbocycles. The highest BCUT2D eigenvalue weighted by atomic mass is 16.3. The van der Waals surface area contributed by atoms with E-state index in [-0.39, 0.29) is 17.9 Å². The third-order valence-electron chi connectivity index (χ3n) is 7.13. The summed E-state index contributed by atoms with van der Waals surface area (Å²) in [7, 11) is 0. The van der Waals surface area contributed by atoms with Gasteiger partial charge in [-0.1, -0.05) is 32.0 Å². The van der Waals surface area contributed by atoms with E-state index in [2.05, 4.69) is 51.7 Å². The van der Waals surface area contributed by atoms with Gasteiger partial charge in [0.2, 0.25) is 5.89 Å². The SMILES string of the molecule is Cc1cccc(C)c1N1CCN(C(=O)c2coc(CN3CCN(CC(O)C(C)C)CC3)n2)CC1. The number of hydrogen-bond donors (Lipinski definition) is 1. The third-order valence-corrected chi connectivity index (χ3v) is 7.13. The van der Waals surface area contributed by atoms with E-state index in [4.69, 9.17) is 4.42 Å². The van der Waals surface area contributed by atoms with Crippen LogP contribution in [0.1, 0.15) is 41.4 Å². The molecule has 2 aliphatic rings. The lowest BCUT2D eigenvalue weighted by Gasteiger charge is -2.37. The first kappa shape index (κ1) is 24.7. The second-order valence-corrected chi connectivity index (χ2v) is 10.0. The highest BCUT2D eigenvalue weighted by Crippen LogP contribution is 2.26. The molecule has 1 amide bonds. The summed E-state index contributed by atoms with van der Waals surface area (Å²) in [6.45, 7) is 16.3. The van der Waals surface area contributed by atoms with Gasteiger partial charge in [0, 0.05) is 64.6 Å². The number of carbonyl (C=O) groups is 1. The number of amides is 1. The molecule has 1 unspecified atom stereocenters. The van der Waals surface area contributed by atoms with Gasteiger partial charge in [-0.05, 0) is 30.9 Å². The lowest BCUT2D eigenvalue weighted by molar-refractivity contribution is 0.0463. The van der Waals surface area contributed by atoms with Gasteiger partial charge in [0.15, 0.2) is 5.69 Å². The Morgan fingerprint density at radius 2 is 1.62 bits per heavy atom. The molecule has 0 bridgehead atoms. The lowest BCUT2D eigenvalue weighted by Crippen LogP contribution is -2.49. The number of oxazole rings is 1. The van der Waals surface area contributed by atoms with Crippen molar-refractivity contribution < 1.29 is 14.3 Å². The molecule has 1 N–H and O–H groups in total. The highest BCUT2D eigenvalue weighted by Gasteiger charge is 2.27. The quantitative estimate of drug-likeness (QED) is 0.667. The number of aliphatic hydroxyl groups excluding tert-OH is 1. The molecule has 0 spiro atoms. The minimum atomic E-state index is -0.283. The second-order valence-electron chi connectivity index (χ2n) is 10.0. The van der Waals surface area contributed by atoms with Crippen LogP contribution in [0.25, 0.3) is 0 Å². The van der Waals surface area contributed by atoms with E-state index < -0.39 is 0 Å². The monoisotopic (exact) mass is 469 g/mol. The maximum absolute atomic E-state index is 13.0. The van der Waals surface area contributed by atoms with E-state index in [9.17, 15) is 9.90 Å². The molecule has 8 heteroatoms. The Hall–Kier alpha value is -2.42. The van der Waals surface area contributed by atoms with Crippen molar-refractivity contribution in [2.45, 2.75) is 40.3 Å². The van der Waals surface area contributed by atoms with Gasteiger partial charge in [-0.2, -0.15) is 0 Å². The summed E-state index contributed by atoms with van der Waals surface area (Å²) < 4.78 is 5.66. The van der Waals surface area contributed by atoms with E-state index in [1.54, 1.807) is 0 Å². The van der Waals surface area contributed by atoms with Crippen LogP contribution in [0.4, 0.5) is 5.69 Å². The summed E-state index contributed by atoms with van der Waals surface area (Å²) in [6, 6.07) is 6.38. The molecule has 0 aliphatic carbocycles. The van der Waals surface area contributed by atoms with Crippen molar-refractivity contribution in [3.8, 4) is 0 Å². The van der Waals surface area contributed by atoms with Crippen molar-refractivity contribution >= 4 is 11.6 Å². The fraction of sp³-hybridized carbons (Fsp3) is 0.615. The van der Waals surface area contributed by atoms with E-state index in [1.807, 2.05) is 18.7 Å². The van der Waals surface area contributed by atoms with Crippen LogP contribution in [-0.4, -0.2) is 95.7 Å². The minimum absolute atomic E-state index is 0.0522. The lowest BCUT2D eigenvalue weighted by atomic mass is 10.1. The number of piperazine rings is 2. The van der Waals surface area contributed by atoms with Gasteiger partial charge in [-0.3, -0.25) is 14.6 Å². The Morgan fingerprint density at radius 1 is 1.00 bits per heavy atom. The van der Waals surface area contributed by atoms with Gasteiger partial charge in [-0.25, -0.2) is 4.98 Å². The number of carbonyl (C=O) groups excluding carboxylic acids is 1. The summed E-state index contributed by atoms with van der Waals surface area (Å²) in [6.07, 6.45) is 1.22. The fourth-order valence-electron chi connectivity index (χ4n) is 4.88. The molecule has 8 nitrogen and oxygen atoms in total. The summed E-state index contributed by atoms with van der Waals surface area (Å²) in [5.41, 5.74) is 4.24. The molecule has 186 valence electrons. The molecule has 3 heterocycles. The zero-order valence-corrected chi connectivity index (χ0v) is 21.0. The molecule has 2 aromatic rings. The molecular weight excluding hydrogens is 430 g/mol. The number of aliphatic hydroxyl groups is 1. The maximum atomic E-state index is 13.0. The first-order valence-corrected chi connectivity index (χ1v) is 12.5. The smallest absolute Gasteiger partial charge is 0.275 e. The number of nitrogens with zero attached hydrogens (tertiary/aromatic N) is 5. The van der Waals surface area contributed by atoms with Crippen LogP contribution in [0.2, 0.25) is 0 Å². The molecule has 0 radical (unpaired) electrons. The van der Waals surface area contributed by atoms with Crippen LogP contribution >= 0.6 is 0 Å². The van der Waals surface area contributed by atoms with Gasteiger partial charge in [-0.15, -0.1) is 0 Å². The van der Waals surface area contributed by atoms with E-state index in [1.165, 1.54) is 23.1 Å². The zero-order chi connectivity index (χ0) is 24.2. The third kappa shape index (κ3) is 5.79. The Labute approximate surface area is 203 Å². The highest BCUT2D eigenvalue weighted by molar-refractivity contribution is 5.92. The van der Waals surface area contributed by atoms with Crippen LogP contribution in [0, 0.1) is 19.8 Å². The van der Waals surface area contributed by atoms with Crippen LogP contribution in [0.3, 0.4) is 0 Å². The first-order chi connectivity index (χ1) is 16.3. The molecule has 2 aliphatic heterocycles. The van der Waals surface area contributed by atoms with Crippen molar-refractivity contribution in [3.05, 3.63) is 47.2 Å². The predicted octanol–water partition coefficient (Wildman–Crippen LogP) is 2.39.